The molecule has 6 heterocycles. The summed E-state index contributed by atoms with van der Waals surface area (Å²) in [6, 6.07) is 28.3. The van der Waals surface area contributed by atoms with Crippen LogP contribution in [-0.4, -0.2) is 150 Å². The lowest BCUT2D eigenvalue weighted by molar-refractivity contribution is -0.138. The zero-order valence-corrected chi connectivity index (χ0v) is 54.4. The molecule has 3 unspecified atom stereocenters. The van der Waals surface area contributed by atoms with E-state index >= 15 is 0 Å². The molecule has 12 amide bonds. The first kappa shape index (κ1) is 69.9. The van der Waals surface area contributed by atoms with Crippen molar-refractivity contribution in [3.05, 3.63) is 187 Å². The Kier molecular flexibility index (Phi) is 21.5. The summed E-state index contributed by atoms with van der Waals surface area (Å²) >= 11 is 5.80. The van der Waals surface area contributed by atoms with Crippen LogP contribution < -0.4 is 50.8 Å². The van der Waals surface area contributed by atoms with E-state index in [2.05, 4.69) is 31.9 Å². The van der Waals surface area contributed by atoms with Gasteiger partial charge in [0, 0.05) is 104 Å². The lowest BCUT2D eigenvalue weighted by atomic mass is 10.0. The normalized spacial score (nSPS) is 17.4. The molecule has 29 heteroatoms. The number of benzene rings is 6. The van der Waals surface area contributed by atoms with Crippen molar-refractivity contribution in [2.24, 2.45) is 0 Å². The Bertz CT molecular complexity index is 4360. The van der Waals surface area contributed by atoms with Gasteiger partial charge in [-0.15, -0.1) is 0 Å². The maximum absolute atomic E-state index is 13.0. The fraction of sp³-hybridized carbons (Fsp3) is 0.271. The standard InChI is InChI=1S/C25H25N3O8.C23H21N3O6.C22H18ClN3O5/c1-34-14-9-18(35-2)21(19(10-14)36-3)22(30)24(32)26-11-13-5-4-6-15-16(13)12-28(25(15)33)17-7-8-20(29)27-23(17)31;1-32-15-7-5-13(6-8-15)20(28)22(30)24-11-14-3-2-4-16-17(14)12-26(23(16)31)18-9-10-19(27)25-21(18)29;23-14-6-4-12(5-7-14)19(28)21(30)24-10-13-2-1-3-15-16(13)11-26(22(15)31)17-8-9-18(27)25-20(17)29/h4-6,9-10,17H,7-8,11-12H2,1-3H3,(H,26,32)(H,27,29,31);2-8,18H,9-12H2,1H3,(H,24,30)(H,25,27,29);1-7,17H,8-11H2,(H,24,30)(H,25,27,29). The van der Waals surface area contributed by atoms with Crippen molar-refractivity contribution in [3.8, 4) is 23.0 Å². The Morgan fingerprint density at radius 1 is 0.424 bits per heavy atom. The van der Waals surface area contributed by atoms with E-state index in [0.29, 0.717) is 66.6 Å². The minimum atomic E-state index is -0.888. The molecule has 12 rings (SSSR count). The fourth-order valence-electron chi connectivity index (χ4n) is 12.2. The number of imide groups is 3. The number of carbonyl (C=O) groups is 15. The molecule has 0 spiro atoms. The summed E-state index contributed by atoms with van der Waals surface area (Å²) in [5, 5.41) is 15.1. The van der Waals surface area contributed by atoms with E-state index < -0.39 is 70.9 Å². The van der Waals surface area contributed by atoms with Gasteiger partial charge in [0.15, 0.2) is 0 Å². The molecule has 0 bridgehead atoms. The Balaban J connectivity index is 0.000000161. The average Bonchev–Trinajstić information content (AvgIpc) is 1.66. The van der Waals surface area contributed by atoms with Crippen molar-refractivity contribution >= 4 is 99.8 Å². The van der Waals surface area contributed by atoms with Crippen molar-refractivity contribution in [1.82, 2.24) is 46.6 Å². The molecule has 99 heavy (non-hydrogen) atoms. The summed E-state index contributed by atoms with van der Waals surface area (Å²) in [6.45, 7) is 0.625. The van der Waals surface area contributed by atoms with Crippen molar-refractivity contribution in [2.45, 2.75) is 95.9 Å². The molecule has 0 aromatic heterocycles. The molecular formula is C70H64ClN9O19. The molecule has 6 aliphatic heterocycles. The summed E-state index contributed by atoms with van der Waals surface area (Å²) in [5.74, 6) is -6.88. The molecule has 3 atom stereocenters. The summed E-state index contributed by atoms with van der Waals surface area (Å²) in [7, 11) is 5.68. The lowest BCUT2D eigenvalue weighted by Gasteiger charge is -2.29. The second-order valence-electron chi connectivity index (χ2n) is 23.2. The van der Waals surface area contributed by atoms with E-state index in [1.54, 1.807) is 66.7 Å². The summed E-state index contributed by atoms with van der Waals surface area (Å²) in [4.78, 5) is 189. The highest BCUT2D eigenvalue weighted by Crippen LogP contribution is 2.36. The number of Topliss-reactive ketones (excluding diaryl/α,β-unsaturated/α-hetero) is 3. The highest BCUT2D eigenvalue weighted by Gasteiger charge is 2.43. The van der Waals surface area contributed by atoms with Crippen LogP contribution in [0.3, 0.4) is 0 Å². The van der Waals surface area contributed by atoms with Gasteiger partial charge < -0.3 is 49.6 Å². The van der Waals surface area contributed by atoms with Gasteiger partial charge in [-0.3, -0.25) is 87.9 Å². The number of halogens is 1. The van der Waals surface area contributed by atoms with Crippen LogP contribution >= 0.6 is 11.6 Å². The molecular weight excluding hydrogens is 1310 g/mol. The molecule has 0 aliphatic carbocycles. The van der Waals surface area contributed by atoms with Crippen molar-refractivity contribution in [1.29, 1.82) is 0 Å². The third kappa shape index (κ3) is 15.2. The topological polar surface area (TPSA) is 375 Å². The van der Waals surface area contributed by atoms with E-state index in [4.69, 9.17) is 30.5 Å². The van der Waals surface area contributed by atoms with Gasteiger partial charge >= 0.3 is 0 Å². The number of piperidine rings is 3. The second kappa shape index (κ2) is 30.4. The first-order chi connectivity index (χ1) is 47.5. The third-order valence-electron chi connectivity index (χ3n) is 17.4. The van der Waals surface area contributed by atoms with E-state index in [9.17, 15) is 71.9 Å². The molecule has 28 nitrogen and oxygen atoms in total. The van der Waals surface area contributed by atoms with E-state index in [0.717, 1.165) is 0 Å². The number of hydrogen-bond acceptors (Lipinski definition) is 19. The molecule has 3 fully saturated rings. The molecule has 6 aliphatic rings. The zero-order chi connectivity index (χ0) is 70.9. The predicted molar refractivity (Wildman–Crippen MR) is 347 cm³/mol. The average molecular weight is 1370 g/mol. The Morgan fingerprint density at radius 2 is 0.747 bits per heavy atom. The van der Waals surface area contributed by atoms with Crippen LogP contribution in [0.25, 0.3) is 0 Å². The number of nitrogens with zero attached hydrogens (tertiary/aromatic N) is 3. The van der Waals surface area contributed by atoms with Crippen LogP contribution in [0.5, 0.6) is 23.0 Å². The SMILES string of the molecule is COc1cc(OC)c(C(=O)C(=O)NCc2cccc3c2CN(C2CCC(=O)NC2=O)C3=O)c(OC)c1.COc1ccc(C(=O)C(=O)NCc2cccc3c2CN(C2CCC(=O)NC2=O)C3=O)cc1.O=C1CCC(N2Cc3c(CNC(=O)C(=O)c4ccc(Cl)cc4)cccc3C2=O)C(=O)N1. The van der Waals surface area contributed by atoms with Gasteiger partial charge in [-0.2, -0.15) is 0 Å². The Hall–Kier alpha value is -11.9. The van der Waals surface area contributed by atoms with E-state index in [-0.39, 0.29) is 141 Å². The maximum atomic E-state index is 13.0. The predicted octanol–water partition coefficient (Wildman–Crippen LogP) is 3.53. The Labute approximate surface area is 569 Å². The van der Waals surface area contributed by atoms with Crippen molar-refractivity contribution < 1.29 is 90.9 Å². The number of nitrogens with one attached hydrogen (secondary N) is 6. The summed E-state index contributed by atoms with van der Waals surface area (Å²) in [6.07, 6.45) is 1.29. The minimum Gasteiger partial charge on any atom is -0.497 e. The van der Waals surface area contributed by atoms with Gasteiger partial charge in [-0.1, -0.05) is 48.0 Å². The molecule has 510 valence electrons. The number of ether oxygens (including phenoxy) is 4. The van der Waals surface area contributed by atoms with E-state index in [1.165, 1.54) is 91.7 Å². The summed E-state index contributed by atoms with van der Waals surface area (Å²) < 4.78 is 20.7. The van der Waals surface area contributed by atoms with Crippen LogP contribution in [0.1, 0.15) is 134 Å². The number of hydrogen-bond donors (Lipinski definition) is 6. The number of carbonyl (C=O) groups excluding carboxylic acids is 15. The van der Waals surface area contributed by atoms with Crippen molar-refractivity contribution in [3.63, 3.8) is 0 Å². The highest BCUT2D eigenvalue weighted by atomic mass is 35.5. The number of amides is 12. The van der Waals surface area contributed by atoms with Crippen LogP contribution in [0, 0.1) is 0 Å². The van der Waals surface area contributed by atoms with Gasteiger partial charge in [-0.25, -0.2) is 0 Å². The Morgan fingerprint density at radius 3 is 1.06 bits per heavy atom. The molecule has 6 N–H and O–H groups in total. The number of rotatable bonds is 19. The number of ketones is 3. The van der Waals surface area contributed by atoms with Crippen LogP contribution in [0.2, 0.25) is 5.02 Å². The molecule has 3 saturated heterocycles. The second-order valence-corrected chi connectivity index (χ2v) is 23.6. The van der Waals surface area contributed by atoms with Gasteiger partial charge in [-0.05, 0) is 119 Å². The van der Waals surface area contributed by atoms with Gasteiger partial charge in [0.2, 0.25) is 47.0 Å². The monoisotopic (exact) mass is 1370 g/mol. The third-order valence-corrected chi connectivity index (χ3v) is 17.6. The van der Waals surface area contributed by atoms with Crippen LogP contribution in [-0.2, 0) is 82.4 Å². The lowest BCUT2D eigenvalue weighted by Crippen LogP contribution is -2.52. The first-order valence-electron chi connectivity index (χ1n) is 31.0. The smallest absolute Gasteiger partial charge is 0.292 e. The number of methoxy groups -OCH3 is 4. The maximum Gasteiger partial charge on any atom is 0.292 e. The zero-order valence-electron chi connectivity index (χ0n) is 53.7. The van der Waals surface area contributed by atoms with Gasteiger partial charge in [0.05, 0.1) is 28.4 Å². The molecule has 0 radical (unpaired) electrons. The molecule has 6 aromatic carbocycles. The van der Waals surface area contributed by atoms with Crippen molar-refractivity contribution in [2.75, 3.05) is 28.4 Å². The largest absolute Gasteiger partial charge is 0.497 e. The minimum absolute atomic E-state index is 0.0228. The van der Waals surface area contributed by atoms with Crippen LogP contribution in [0.4, 0.5) is 0 Å². The number of fused-ring (bicyclic) bond motifs is 3. The highest BCUT2D eigenvalue weighted by molar-refractivity contribution is 6.44. The van der Waals surface area contributed by atoms with Gasteiger partial charge in [0.1, 0.15) is 46.7 Å². The molecule has 6 aromatic rings. The quantitative estimate of drug-likeness (QED) is 0.0384. The van der Waals surface area contributed by atoms with E-state index in [1.807, 2.05) is 0 Å². The molecule has 0 saturated carbocycles. The summed E-state index contributed by atoms with van der Waals surface area (Å²) in [5.41, 5.74) is 5.75. The van der Waals surface area contributed by atoms with Gasteiger partial charge in [0.25, 0.3) is 41.2 Å². The fourth-order valence-corrected chi connectivity index (χ4v) is 12.3. The van der Waals surface area contributed by atoms with Crippen LogP contribution in [0.15, 0.2) is 115 Å². The first-order valence-corrected chi connectivity index (χ1v) is 31.3.